The predicted octanol–water partition coefficient (Wildman–Crippen LogP) is 3.88. The van der Waals surface area contributed by atoms with E-state index in [-0.39, 0.29) is 35.5 Å². The van der Waals surface area contributed by atoms with Gasteiger partial charge < -0.3 is 15.5 Å². The van der Waals surface area contributed by atoms with Gasteiger partial charge in [0.15, 0.2) is 0 Å². The molecular weight excluding hydrogens is 438 g/mol. The summed E-state index contributed by atoms with van der Waals surface area (Å²) < 4.78 is 81.2. The van der Waals surface area contributed by atoms with Crippen LogP contribution in [0.5, 0.6) is 0 Å². The van der Waals surface area contributed by atoms with Crippen LogP contribution in [0.3, 0.4) is 0 Å². The minimum Gasteiger partial charge on any atom is -0.368 e. The van der Waals surface area contributed by atoms with E-state index in [4.69, 9.17) is 0 Å². The summed E-state index contributed by atoms with van der Waals surface area (Å²) in [7, 11) is 0. The maximum atomic E-state index is 13.7. The Labute approximate surface area is 180 Å². The summed E-state index contributed by atoms with van der Waals surface area (Å²) in [6, 6.07) is 3.66. The first-order valence-electron chi connectivity index (χ1n) is 10.3. The topological polar surface area (TPSA) is 57.3 Å². The van der Waals surface area contributed by atoms with Crippen LogP contribution in [0.15, 0.2) is 30.5 Å². The number of hydrogen-bond donors (Lipinski definition) is 2. The van der Waals surface area contributed by atoms with E-state index >= 15 is 0 Å². The first kappa shape index (κ1) is 22.6. The summed E-state index contributed by atoms with van der Waals surface area (Å²) >= 11 is 0. The highest BCUT2D eigenvalue weighted by atomic mass is 19.4. The second-order valence-corrected chi connectivity index (χ2v) is 8.26. The van der Waals surface area contributed by atoms with Crippen LogP contribution in [0.25, 0.3) is 10.9 Å². The molecule has 1 aromatic heterocycles. The minimum absolute atomic E-state index is 0.0560. The number of nitrogens with one attached hydrogen (secondary N) is 2. The molecule has 1 amide bonds. The van der Waals surface area contributed by atoms with E-state index < -0.39 is 42.5 Å². The number of carbonyl (C=O) groups is 1. The SMILES string of the molecule is O=C(N[C@@H]1C[C@H](C(F)(F)F)CN(c2ccc(C(F)(F)F)c3ncccc23)C1)[C@@H]1CCCN1. The number of aromatic nitrogens is 1. The lowest BCUT2D eigenvalue weighted by molar-refractivity contribution is -0.178. The lowest BCUT2D eigenvalue weighted by Crippen LogP contribution is -2.56. The molecule has 2 aliphatic rings. The van der Waals surface area contributed by atoms with Gasteiger partial charge in [0.1, 0.15) is 0 Å². The van der Waals surface area contributed by atoms with Crippen molar-refractivity contribution in [3.8, 4) is 0 Å². The molecule has 2 fully saturated rings. The molecule has 0 unspecified atom stereocenters. The number of fused-ring (bicyclic) bond motifs is 1. The Kier molecular flexibility index (Phi) is 5.95. The van der Waals surface area contributed by atoms with Gasteiger partial charge in [0, 0.05) is 36.4 Å². The van der Waals surface area contributed by atoms with E-state index in [1.807, 2.05) is 0 Å². The summed E-state index contributed by atoms with van der Waals surface area (Å²) in [4.78, 5) is 17.7. The first-order chi connectivity index (χ1) is 15.0. The fourth-order valence-corrected chi connectivity index (χ4v) is 4.51. The van der Waals surface area contributed by atoms with E-state index in [1.165, 1.54) is 29.3 Å². The average Bonchev–Trinajstić information content (AvgIpc) is 3.26. The maximum Gasteiger partial charge on any atom is 0.418 e. The largest absolute Gasteiger partial charge is 0.418 e. The van der Waals surface area contributed by atoms with Crippen molar-refractivity contribution in [3.05, 3.63) is 36.0 Å². The Balaban J connectivity index is 1.67. The van der Waals surface area contributed by atoms with E-state index in [1.54, 1.807) is 0 Å². The third kappa shape index (κ3) is 4.62. The van der Waals surface area contributed by atoms with Gasteiger partial charge in [-0.2, -0.15) is 26.3 Å². The Morgan fingerprint density at radius 3 is 2.56 bits per heavy atom. The Bertz CT molecular complexity index is 986. The minimum atomic E-state index is -4.65. The molecule has 4 rings (SSSR count). The van der Waals surface area contributed by atoms with E-state index in [0.717, 1.165) is 12.5 Å². The predicted molar refractivity (Wildman–Crippen MR) is 106 cm³/mol. The molecule has 0 saturated carbocycles. The molecule has 0 radical (unpaired) electrons. The Morgan fingerprint density at radius 1 is 1.12 bits per heavy atom. The zero-order valence-corrected chi connectivity index (χ0v) is 16.9. The monoisotopic (exact) mass is 460 g/mol. The molecule has 3 atom stereocenters. The van der Waals surface area contributed by atoms with Gasteiger partial charge in [-0.25, -0.2) is 0 Å². The molecule has 0 bridgehead atoms. The zero-order valence-electron chi connectivity index (χ0n) is 16.9. The van der Waals surface area contributed by atoms with Crippen LogP contribution in [0.2, 0.25) is 0 Å². The van der Waals surface area contributed by atoms with Gasteiger partial charge in [-0.3, -0.25) is 9.78 Å². The number of carbonyl (C=O) groups excluding carboxylic acids is 1. The number of piperidine rings is 1. The molecule has 2 N–H and O–H groups in total. The van der Waals surface area contributed by atoms with Crippen LogP contribution in [0.4, 0.5) is 32.0 Å². The molecule has 0 aliphatic carbocycles. The molecule has 32 heavy (non-hydrogen) atoms. The number of nitrogens with zero attached hydrogens (tertiary/aromatic N) is 2. The normalized spacial score (nSPS) is 24.7. The van der Waals surface area contributed by atoms with Crippen molar-refractivity contribution in [3.63, 3.8) is 0 Å². The van der Waals surface area contributed by atoms with Crippen LogP contribution in [-0.4, -0.2) is 48.8 Å². The molecule has 2 aromatic rings. The van der Waals surface area contributed by atoms with Crippen LogP contribution >= 0.6 is 0 Å². The number of benzene rings is 1. The summed E-state index contributed by atoms with van der Waals surface area (Å²) in [6.07, 6.45) is -6.80. The first-order valence-corrected chi connectivity index (χ1v) is 10.3. The highest BCUT2D eigenvalue weighted by Crippen LogP contribution is 2.40. The fourth-order valence-electron chi connectivity index (χ4n) is 4.51. The number of hydrogen-bond acceptors (Lipinski definition) is 4. The molecule has 2 saturated heterocycles. The van der Waals surface area contributed by atoms with Gasteiger partial charge in [-0.15, -0.1) is 0 Å². The van der Waals surface area contributed by atoms with Crippen molar-refractivity contribution in [2.45, 2.75) is 43.7 Å². The smallest absolute Gasteiger partial charge is 0.368 e. The standard InChI is InChI=1S/C21H22F6N4O/c22-20(23,24)12-9-13(30-19(32)16-4-2-7-28-16)11-31(10-12)17-6-5-15(21(25,26)27)18-14(17)3-1-8-29-18/h1,3,5-6,8,12-13,16,28H,2,4,7,9-11H2,(H,30,32)/t12-,13+,16-/m0/s1. The highest BCUT2D eigenvalue weighted by molar-refractivity contribution is 5.94. The van der Waals surface area contributed by atoms with Crippen molar-refractivity contribution >= 4 is 22.5 Å². The Morgan fingerprint density at radius 2 is 1.91 bits per heavy atom. The zero-order chi connectivity index (χ0) is 23.1. The average molecular weight is 460 g/mol. The van der Waals surface area contributed by atoms with Gasteiger partial charge in [-0.05, 0) is 50.1 Å². The van der Waals surface area contributed by atoms with Gasteiger partial charge >= 0.3 is 12.4 Å². The molecule has 174 valence electrons. The lowest BCUT2D eigenvalue weighted by atomic mass is 9.92. The number of halogens is 6. The lowest BCUT2D eigenvalue weighted by Gasteiger charge is -2.40. The number of rotatable bonds is 3. The quantitative estimate of drug-likeness (QED) is 0.683. The van der Waals surface area contributed by atoms with E-state index in [0.29, 0.717) is 13.0 Å². The Hall–Kier alpha value is -2.56. The molecule has 0 spiro atoms. The maximum absolute atomic E-state index is 13.7. The van der Waals surface area contributed by atoms with E-state index in [9.17, 15) is 31.1 Å². The third-order valence-electron chi connectivity index (χ3n) is 6.03. The summed E-state index contributed by atoms with van der Waals surface area (Å²) in [5, 5.41) is 5.84. The number of pyridine rings is 1. The van der Waals surface area contributed by atoms with Crippen molar-refractivity contribution in [2.75, 3.05) is 24.5 Å². The van der Waals surface area contributed by atoms with Crippen LogP contribution < -0.4 is 15.5 Å². The number of alkyl halides is 6. The van der Waals surface area contributed by atoms with Crippen LogP contribution in [0, 0.1) is 5.92 Å². The molecule has 3 heterocycles. The van der Waals surface area contributed by atoms with Gasteiger partial charge in [0.05, 0.1) is 23.0 Å². The van der Waals surface area contributed by atoms with Crippen molar-refractivity contribution in [1.29, 1.82) is 0 Å². The fraction of sp³-hybridized carbons (Fsp3) is 0.524. The summed E-state index contributed by atoms with van der Waals surface area (Å²) in [5.41, 5.74) is -1.03. The number of amides is 1. The van der Waals surface area contributed by atoms with Gasteiger partial charge in [0.25, 0.3) is 0 Å². The molecule has 11 heteroatoms. The van der Waals surface area contributed by atoms with Crippen LogP contribution in [-0.2, 0) is 11.0 Å². The van der Waals surface area contributed by atoms with Gasteiger partial charge in [0.2, 0.25) is 5.91 Å². The molecule has 1 aromatic carbocycles. The second kappa shape index (κ2) is 8.42. The van der Waals surface area contributed by atoms with Crippen molar-refractivity contribution < 1.29 is 31.1 Å². The molecule has 2 aliphatic heterocycles. The number of anilines is 1. The van der Waals surface area contributed by atoms with Crippen molar-refractivity contribution in [1.82, 2.24) is 15.6 Å². The van der Waals surface area contributed by atoms with E-state index in [2.05, 4.69) is 15.6 Å². The molecular formula is C21H22F6N4O. The third-order valence-corrected chi connectivity index (χ3v) is 6.03. The van der Waals surface area contributed by atoms with Gasteiger partial charge in [-0.1, -0.05) is 0 Å². The second-order valence-electron chi connectivity index (χ2n) is 8.26. The van der Waals surface area contributed by atoms with Crippen LogP contribution in [0.1, 0.15) is 24.8 Å². The summed E-state index contributed by atoms with van der Waals surface area (Å²) in [5.74, 6) is -2.08. The molecule has 5 nitrogen and oxygen atoms in total. The highest BCUT2D eigenvalue weighted by Gasteiger charge is 2.45. The van der Waals surface area contributed by atoms with Crippen molar-refractivity contribution in [2.24, 2.45) is 5.92 Å². The summed E-state index contributed by atoms with van der Waals surface area (Å²) in [6.45, 7) is 0.317.